The van der Waals surface area contributed by atoms with Crippen LogP contribution < -0.4 is 5.73 Å². The zero-order valence-electron chi connectivity index (χ0n) is 9.28. The Morgan fingerprint density at radius 1 is 1.27 bits per heavy atom. The molecule has 2 N–H and O–H groups in total. The Labute approximate surface area is 90.4 Å². The van der Waals surface area contributed by atoms with Crippen molar-refractivity contribution < 1.29 is 12.8 Å². The van der Waals surface area contributed by atoms with E-state index in [9.17, 15) is 8.42 Å². The van der Waals surface area contributed by atoms with E-state index in [2.05, 4.69) is 0 Å². The Balaban J connectivity index is 2.87. The summed E-state index contributed by atoms with van der Waals surface area (Å²) in [6, 6.07) is 3.36. The third-order valence-electron chi connectivity index (χ3n) is 2.18. The lowest BCUT2D eigenvalue weighted by atomic mass is 10.3. The second-order valence-corrected chi connectivity index (χ2v) is 7.19. The van der Waals surface area contributed by atoms with Gasteiger partial charge in [0, 0.05) is 0 Å². The van der Waals surface area contributed by atoms with Crippen molar-refractivity contribution in [2.75, 3.05) is 0 Å². The van der Waals surface area contributed by atoms with Gasteiger partial charge >= 0.3 is 0 Å². The van der Waals surface area contributed by atoms with Crippen molar-refractivity contribution >= 4 is 9.84 Å². The molecule has 1 aromatic heterocycles. The van der Waals surface area contributed by atoms with Crippen LogP contribution in [0.3, 0.4) is 0 Å². The fourth-order valence-electron chi connectivity index (χ4n) is 1.01. The van der Waals surface area contributed by atoms with E-state index in [4.69, 9.17) is 10.2 Å². The summed E-state index contributed by atoms with van der Waals surface area (Å²) in [7, 11) is -3.18. The van der Waals surface area contributed by atoms with Gasteiger partial charge in [0.25, 0.3) is 0 Å². The third kappa shape index (κ3) is 2.82. The van der Waals surface area contributed by atoms with E-state index in [1.54, 1.807) is 32.9 Å². The summed E-state index contributed by atoms with van der Waals surface area (Å²) < 4.78 is 28.2. The van der Waals surface area contributed by atoms with Crippen molar-refractivity contribution in [1.82, 2.24) is 0 Å². The second kappa shape index (κ2) is 3.98. The SMILES string of the molecule is CC(C)(C)S(=O)(=O)Cc1ccc(CN)o1. The molecule has 0 bridgehead atoms. The van der Waals surface area contributed by atoms with Gasteiger partial charge in [-0.05, 0) is 32.9 Å². The molecule has 86 valence electrons. The molecule has 5 heteroatoms. The van der Waals surface area contributed by atoms with E-state index in [0.717, 1.165) is 0 Å². The highest BCUT2D eigenvalue weighted by Gasteiger charge is 2.30. The molecule has 0 amide bonds. The maximum atomic E-state index is 11.8. The van der Waals surface area contributed by atoms with Crippen LogP contribution in [0, 0.1) is 0 Å². The van der Waals surface area contributed by atoms with Gasteiger partial charge in [0.15, 0.2) is 9.84 Å². The number of hydrogen-bond donors (Lipinski definition) is 1. The standard InChI is InChI=1S/C10H17NO3S/c1-10(2,3)15(12,13)7-9-5-4-8(6-11)14-9/h4-5H,6-7,11H2,1-3H3. The predicted octanol–water partition coefficient (Wildman–Crippen LogP) is 1.45. The van der Waals surface area contributed by atoms with Crippen LogP contribution in [-0.2, 0) is 22.1 Å². The van der Waals surface area contributed by atoms with Crippen molar-refractivity contribution in [3.63, 3.8) is 0 Å². The first-order chi connectivity index (χ1) is 6.76. The van der Waals surface area contributed by atoms with Gasteiger partial charge in [0.2, 0.25) is 0 Å². The summed E-state index contributed by atoms with van der Waals surface area (Å²) in [5, 5.41) is 0. The van der Waals surface area contributed by atoms with E-state index < -0.39 is 14.6 Å². The average molecular weight is 231 g/mol. The molecule has 0 aliphatic heterocycles. The van der Waals surface area contributed by atoms with E-state index >= 15 is 0 Å². The smallest absolute Gasteiger partial charge is 0.162 e. The molecule has 0 aliphatic carbocycles. The van der Waals surface area contributed by atoms with Crippen LogP contribution >= 0.6 is 0 Å². The fourth-order valence-corrected chi connectivity index (χ4v) is 1.98. The Bertz CT molecular complexity index is 426. The molecule has 0 unspecified atom stereocenters. The number of sulfone groups is 1. The van der Waals surface area contributed by atoms with Gasteiger partial charge < -0.3 is 10.2 Å². The zero-order chi connectivity index (χ0) is 11.7. The maximum absolute atomic E-state index is 11.8. The minimum Gasteiger partial charge on any atom is -0.464 e. The van der Waals surface area contributed by atoms with Crippen LogP contribution in [0.25, 0.3) is 0 Å². The van der Waals surface area contributed by atoms with Gasteiger partial charge in [0.05, 0.1) is 11.3 Å². The summed E-state index contributed by atoms with van der Waals surface area (Å²) in [5.74, 6) is 0.982. The Morgan fingerprint density at radius 3 is 2.20 bits per heavy atom. The van der Waals surface area contributed by atoms with Gasteiger partial charge in [-0.25, -0.2) is 8.42 Å². The lowest BCUT2D eigenvalue weighted by Gasteiger charge is -2.17. The minimum absolute atomic E-state index is 0.0729. The third-order valence-corrected chi connectivity index (χ3v) is 4.71. The van der Waals surface area contributed by atoms with Crippen molar-refractivity contribution in [1.29, 1.82) is 0 Å². The lowest BCUT2D eigenvalue weighted by Crippen LogP contribution is -2.29. The first kappa shape index (κ1) is 12.3. The van der Waals surface area contributed by atoms with E-state index in [0.29, 0.717) is 11.5 Å². The molecule has 0 atom stereocenters. The molecule has 1 aromatic rings. The van der Waals surface area contributed by atoms with Crippen LogP contribution in [0.5, 0.6) is 0 Å². The topological polar surface area (TPSA) is 73.3 Å². The van der Waals surface area contributed by atoms with Crippen LogP contribution in [0.2, 0.25) is 0 Å². The maximum Gasteiger partial charge on any atom is 0.162 e. The first-order valence-electron chi connectivity index (χ1n) is 4.76. The van der Waals surface area contributed by atoms with Crippen LogP contribution in [0.15, 0.2) is 16.5 Å². The summed E-state index contributed by atoms with van der Waals surface area (Å²) >= 11 is 0. The summed E-state index contributed by atoms with van der Waals surface area (Å²) in [5.41, 5.74) is 5.37. The molecule has 0 radical (unpaired) electrons. The highest BCUT2D eigenvalue weighted by atomic mass is 32.2. The lowest BCUT2D eigenvalue weighted by molar-refractivity contribution is 0.474. The normalized spacial score (nSPS) is 13.1. The number of nitrogens with two attached hydrogens (primary N) is 1. The van der Waals surface area contributed by atoms with Gasteiger partial charge in [0.1, 0.15) is 17.3 Å². The van der Waals surface area contributed by atoms with E-state index in [1.165, 1.54) is 0 Å². The van der Waals surface area contributed by atoms with Crippen LogP contribution in [0.1, 0.15) is 32.3 Å². The van der Waals surface area contributed by atoms with Crippen LogP contribution in [-0.4, -0.2) is 13.2 Å². The summed E-state index contributed by atoms with van der Waals surface area (Å²) in [6.07, 6.45) is 0. The Morgan fingerprint density at radius 2 is 1.80 bits per heavy atom. The monoisotopic (exact) mass is 231 g/mol. The molecular weight excluding hydrogens is 214 g/mol. The summed E-state index contributed by atoms with van der Waals surface area (Å²) in [4.78, 5) is 0. The minimum atomic E-state index is -3.18. The van der Waals surface area contributed by atoms with Crippen molar-refractivity contribution in [2.24, 2.45) is 5.73 Å². The Hall–Kier alpha value is -0.810. The first-order valence-corrected chi connectivity index (χ1v) is 6.41. The number of furan rings is 1. The van der Waals surface area contributed by atoms with Gasteiger partial charge in [-0.3, -0.25) is 0 Å². The van der Waals surface area contributed by atoms with Crippen LogP contribution in [0.4, 0.5) is 0 Å². The molecule has 4 nitrogen and oxygen atoms in total. The van der Waals surface area contributed by atoms with E-state index in [-0.39, 0.29) is 12.3 Å². The zero-order valence-corrected chi connectivity index (χ0v) is 10.1. The molecular formula is C10H17NO3S. The van der Waals surface area contributed by atoms with Gasteiger partial charge in [-0.1, -0.05) is 0 Å². The molecule has 0 aliphatic rings. The largest absolute Gasteiger partial charge is 0.464 e. The quantitative estimate of drug-likeness (QED) is 0.854. The van der Waals surface area contributed by atoms with Gasteiger partial charge in [-0.2, -0.15) is 0 Å². The Kier molecular flexibility index (Phi) is 3.25. The molecule has 0 saturated carbocycles. The van der Waals surface area contributed by atoms with Gasteiger partial charge in [-0.15, -0.1) is 0 Å². The molecule has 0 fully saturated rings. The molecule has 1 heterocycles. The molecule has 0 saturated heterocycles. The fraction of sp³-hybridized carbons (Fsp3) is 0.600. The second-order valence-electron chi connectivity index (χ2n) is 4.44. The molecule has 0 spiro atoms. The van der Waals surface area contributed by atoms with Crippen molar-refractivity contribution in [2.45, 2.75) is 37.8 Å². The number of hydrogen-bond acceptors (Lipinski definition) is 4. The van der Waals surface area contributed by atoms with E-state index in [1.807, 2.05) is 0 Å². The highest BCUT2D eigenvalue weighted by molar-refractivity contribution is 7.91. The molecule has 15 heavy (non-hydrogen) atoms. The number of rotatable bonds is 3. The molecule has 0 aromatic carbocycles. The molecule has 1 rings (SSSR count). The summed E-state index contributed by atoms with van der Waals surface area (Å²) in [6.45, 7) is 5.31. The van der Waals surface area contributed by atoms with Crippen molar-refractivity contribution in [3.05, 3.63) is 23.7 Å². The van der Waals surface area contributed by atoms with Crippen molar-refractivity contribution in [3.8, 4) is 0 Å². The highest BCUT2D eigenvalue weighted by Crippen LogP contribution is 2.21. The average Bonchev–Trinajstić information content (AvgIpc) is 2.49. The predicted molar refractivity (Wildman–Crippen MR) is 59.0 cm³/mol.